The molecule has 0 atom stereocenters. The monoisotopic (exact) mass is 385 g/mol. The summed E-state index contributed by atoms with van der Waals surface area (Å²) in [5, 5.41) is 8.20. The van der Waals surface area contributed by atoms with Crippen LogP contribution in [0.15, 0.2) is 64.2 Å². The SMILES string of the molecule is COc1cccc(OCc2nnc(SCC(=O)N(C)c3ccccc3)o2)c1. The summed E-state index contributed by atoms with van der Waals surface area (Å²) < 4.78 is 16.3. The summed E-state index contributed by atoms with van der Waals surface area (Å²) in [5.41, 5.74) is 0.834. The van der Waals surface area contributed by atoms with Crippen molar-refractivity contribution in [2.75, 3.05) is 24.8 Å². The molecule has 0 fully saturated rings. The van der Waals surface area contributed by atoms with Crippen LogP contribution in [0.5, 0.6) is 11.5 Å². The summed E-state index contributed by atoms with van der Waals surface area (Å²) in [6.07, 6.45) is 0. The summed E-state index contributed by atoms with van der Waals surface area (Å²) >= 11 is 1.19. The third kappa shape index (κ3) is 5.24. The number of nitrogens with zero attached hydrogens (tertiary/aromatic N) is 3. The molecule has 0 aliphatic carbocycles. The zero-order valence-corrected chi connectivity index (χ0v) is 15.8. The van der Waals surface area contributed by atoms with Crippen LogP contribution in [0.2, 0.25) is 0 Å². The van der Waals surface area contributed by atoms with Crippen LogP contribution in [0.4, 0.5) is 5.69 Å². The summed E-state index contributed by atoms with van der Waals surface area (Å²) in [7, 11) is 3.33. The highest BCUT2D eigenvalue weighted by molar-refractivity contribution is 7.99. The molecule has 140 valence electrons. The summed E-state index contributed by atoms with van der Waals surface area (Å²) in [6.45, 7) is 0.137. The molecule has 27 heavy (non-hydrogen) atoms. The number of hydrogen-bond acceptors (Lipinski definition) is 7. The third-order valence-electron chi connectivity index (χ3n) is 3.69. The minimum Gasteiger partial charge on any atom is -0.497 e. The number of amides is 1. The second-order valence-electron chi connectivity index (χ2n) is 5.51. The van der Waals surface area contributed by atoms with Crippen molar-refractivity contribution >= 4 is 23.4 Å². The number of ether oxygens (including phenoxy) is 2. The van der Waals surface area contributed by atoms with E-state index in [1.165, 1.54) is 11.8 Å². The molecule has 0 saturated carbocycles. The van der Waals surface area contributed by atoms with Crippen LogP contribution in [0, 0.1) is 0 Å². The quantitative estimate of drug-likeness (QED) is 0.550. The fourth-order valence-electron chi connectivity index (χ4n) is 2.21. The average Bonchev–Trinajstić information content (AvgIpc) is 3.18. The normalized spacial score (nSPS) is 10.4. The Morgan fingerprint density at radius 1 is 1.11 bits per heavy atom. The van der Waals surface area contributed by atoms with Crippen LogP contribution in [-0.4, -0.2) is 36.0 Å². The molecule has 3 aromatic rings. The maximum absolute atomic E-state index is 12.3. The van der Waals surface area contributed by atoms with Crippen molar-refractivity contribution in [1.82, 2.24) is 10.2 Å². The van der Waals surface area contributed by atoms with Gasteiger partial charge in [0, 0.05) is 18.8 Å². The topological polar surface area (TPSA) is 77.7 Å². The van der Waals surface area contributed by atoms with Crippen molar-refractivity contribution in [3.05, 3.63) is 60.5 Å². The summed E-state index contributed by atoms with van der Waals surface area (Å²) in [5.74, 6) is 1.82. The maximum atomic E-state index is 12.3. The van der Waals surface area contributed by atoms with E-state index in [1.807, 2.05) is 48.5 Å². The largest absolute Gasteiger partial charge is 0.497 e. The number of benzene rings is 2. The minimum absolute atomic E-state index is 0.0569. The summed E-state index contributed by atoms with van der Waals surface area (Å²) in [4.78, 5) is 13.9. The van der Waals surface area contributed by atoms with E-state index in [1.54, 1.807) is 25.1 Å². The second kappa shape index (κ2) is 9.09. The lowest BCUT2D eigenvalue weighted by Crippen LogP contribution is -2.27. The first kappa shape index (κ1) is 18.8. The fourth-order valence-corrected chi connectivity index (χ4v) is 2.90. The van der Waals surface area contributed by atoms with E-state index in [0.717, 1.165) is 5.69 Å². The Hall–Kier alpha value is -3.00. The lowest BCUT2D eigenvalue weighted by atomic mass is 10.3. The van der Waals surface area contributed by atoms with Gasteiger partial charge in [-0.3, -0.25) is 4.79 Å². The average molecular weight is 385 g/mol. The molecule has 1 amide bonds. The van der Waals surface area contributed by atoms with E-state index < -0.39 is 0 Å². The van der Waals surface area contributed by atoms with E-state index >= 15 is 0 Å². The van der Waals surface area contributed by atoms with Gasteiger partial charge in [0.2, 0.25) is 5.91 Å². The maximum Gasteiger partial charge on any atom is 0.277 e. The van der Waals surface area contributed by atoms with E-state index in [-0.39, 0.29) is 18.3 Å². The van der Waals surface area contributed by atoms with Crippen LogP contribution in [0.1, 0.15) is 5.89 Å². The van der Waals surface area contributed by atoms with Gasteiger partial charge in [-0.05, 0) is 24.3 Å². The Balaban J connectivity index is 1.49. The highest BCUT2D eigenvalue weighted by atomic mass is 32.2. The van der Waals surface area contributed by atoms with Gasteiger partial charge in [0.15, 0.2) is 6.61 Å². The molecule has 0 unspecified atom stereocenters. The molecule has 0 saturated heterocycles. The number of hydrogen-bond donors (Lipinski definition) is 0. The molecule has 1 aromatic heterocycles. The molecule has 7 nitrogen and oxygen atoms in total. The van der Waals surface area contributed by atoms with Crippen molar-refractivity contribution < 1.29 is 18.7 Å². The van der Waals surface area contributed by atoms with Crippen LogP contribution in [-0.2, 0) is 11.4 Å². The smallest absolute Gasteiger partial charge is 0.277 e. The Bertz CT molecular complexity index is 885. The van der Waals surface area contributed by atoms with Gasteiger partial charge in [-0.25, -0.2) is 0 Å². The molecular weight excluding hydrogens is 366 g/mol. The molecule has 1 heterocycles. The van der Waals surface area contributed by atoms with Gasteiger partial charge in [-0.2, -0.15) is 0 Å². The van der Waals surface area contributed by atoms with Gasteiger partial charge in [-0.15, -0.1) is 10.2 Å². The number of anilines is 1. The first-order valence-corrected chi connectivity index (χ1v) is 9.18. The van der Waals surface area contributed by atoms with Crippen LogP contribution in [0.25, 0.3) is 0 Å². The molecule has 0 N–H and O–H groups in total. The number of carbonyl (C=O) groups is 1. The molecule has 2 aromatic carbocycles. The lowest BCUT2D eigenvalue weighted by Gasteiger charge is -2.16. The van der Waals surface area contributed by atoms with E-state index in [9.17, 15) is 4.79 Å². The van der Waals surface area contributed by atoms with Gasteiger partial charge < -0.3 is 18.8 Å². The Labute approximate surface area is 161 Å². The Morgan fingerprint density at radius 3 is 2.67 bits per heavy atom. The van der Waals surface area contributed by atoms with Gasteiger partial charge in [0.25, 0.3) is 11.1 Å². The Morgan fingerprint density at radius 2 is 1.89 bits per heavy atom. The van der Waals surface area contributed by atoms with Crippen molar-refractivity contribution in [2.24, 2.45) is 0 Å². The second-order valence-corrected chi connectivity index (χ2v) is 6.43. The van der Waals surface area contributed by atoms with Crippen LogP contribution < -0.4 is 14.4 Å². The van der Waals surface area contributed by atoms with E-state index in [4.69, 9.17) is 13.9 Å². The number of thioether (sulfide) groups is 1. The highest BCUT2D eigenvalue weighted by Crippen LogP contribution is 2.22. The predicted octanol–water partition coefficient (Wildman–Crippen LogP) is 3.41. The fraction of sp³-hybridized carbons (Fsp3) is 0.211. The molecule has 0 bridgehead atoms. The zero-order valence-electron chi connectivity index (χ0n) is 15.0. The van der Waals surface area contributed by atoms with Gasteiger partial charge in [0.1, 0.15) is 11.5 Å². The van der Waals surface area contributed by atoms with Gasteiger partial charge in [-0.1, -0.05) is 36.0 Å². The van der Waals surface area contributed by atoms with Crippen molar-refractivity contribution in [3.8, 4) is 11.5 Å². The molecule has 8 heteroatoms. The van der Waals surface area contributed by atoms with E-state index in [0.29, 0.717) is 22.6 Å². The number of aromatic nitrogens is 2. The number of methoxy groups -OCH3 is 1. The van der Waals surface area contributed by atoms with Gasteiger partial charge in [0.05, 0.1) is 12.9 Å². The minimum atomic E-state index is -0.0569. The molecule has 3 rings (SSSR count). The number of carbonyl (C=O) groups excluding carboxylic acids is 1. The van der Waals surface area contributed by atoms with Crippen LogP contribution >= 0.6 is 11.8 Å². The lowest BCUT2D eigenvalue weighted by molar-refractivity contribution is -0.115. The first-order valence-electron chi connectivity index (χ1n) is 8.19. The zero-order chi connectivity index (χ0) is 19.1. The van der Waals surface area contributed by atoms with Gasteiger partial charge >= 0.3 is 0 Å². The van der Waals surface area contributed by atoms with Crippen molar-refractivity contribution in [2.45, 2.75) is 11.8 Å². The molecule has 0 aliphatic heterocycles. The molecule has 0 radical (unpaired) electrons. The predicted molar refractivity (Wildman–Crippen MR) is 102 cm³/mol. The van der Waals surface area contributed by atoms with Crippen molar-refractivity contribution in [3.63, 3.8) is 0 Å². The van der Waals surface area contributed by atoms with E-state index in [2.05, 4.69) is 10.2 Å². The number of para-hydroxylation sites is 1. The molecule has 0 spiro atoms. The standard InChI is InChI=1S/C19H19N3O4S/c1-22(14-7-4-3-5-8-14)18(23)13-27-19-21-20-17(26-19)12-25-16-10-6-9-15(11-16)24-2/h3-11H,12-13H2,1-2H3. The summed E-state index contributed by atoms with van der Waals surface area (Å²) in [6, 6.07) is 16.7. The van der Waals surface area contributed by atoms with Crippen LogP contribution in [0.3, 0.4) is 0 Å². The first-order chi connectivity index (χ1) is 13.2. The molecule has 0 aliphatic rings. The number of rotatable bonds is 8. The van der Waals surface area contributed by atoms with Crippen molar-refractivity contribution in [1.29, 1.82) is 0 Å². The third-order valence-corrected chi connectivity index (χ3v) is 4.49. The highest BCUT2D eigenvalue weighted by Gasteiger charge is 2.14. The Kier molecular flexibility index (Phi) is 6.32. The molecular formula is C19H19N3O4S.